The van der Waals surface area contributed by atoms with E-state index in [0.29, 0.717) is 19.3 Å². The summed E-state index contributed by atoms with van der Waals surface area (Å²) in [5.74, 6) is -0.525. The lowest BCUT2D eigenvalue weighted by atomic mass is 10.0. The minimum atomic E-state index is -0.800. The van der Waals surface area contributed by atoms with E-state index >= 15 is 0 Å². The number of amides is 1. The Kier molecular flexibility index (Phi) is 48.1. The van der Waals surface area contributed by atoms with Crippen LogP contribution in [0.4, 0.5) is 0 Å². The van der Waals surface area contributed by atoms with Gasteiger partial charge in [0, 0.05) is 6.42 Å². The molecule has 0 aromatic carbocycles. The van der Waals surface area contributed by atoms with Crippen molar-refractivity contribution in [3.05, 3.63) is 72.9 Å². The van der Waals surface area contributed by atoms with Gasteiger partial charge in [-0.25, -0.2) is 0 Å². The molecule has 0 rings (SSSR count). The molecule has 6 nitrogen and oxygen atoms in total. The quantitative estimate of drug-likeness (QED) is 0.0321. The Hall–Kier alpha value is -2.70. The average Bonchev–Trinajstić information content (AvgIpc) is 3.28. The molecule has 0 spiro atoms. The molecule has 0 aromatic rings. The molecule has 3 N–H and O–H groups in total. The maximum atomic E-state index is 13.2. The highest BCUT2D eigenvalue weighted by atomic mass is 16.5. The summed E-state index contributed by atoms with van der Waals surface area (Å²) in [7, 11) is 0. The second-order valence-corrected chi connectivity index (χ2v) is 17.9. The normalized spacial score (nSPS) is 13.8. The fourth-order valence-corrected chi connectivity index (χ4v) is 7.81. The zero-order valence-corrected chi connectivity index (χ0v) is 41.4. The van der Waals surface area contributed by atoms with Crippen molar-refractivity contribution < 1.29 is 24.5 Å². The average molecular weight is 880 g/mol. The molecule has 0 fully saturated rings. The van der Waals surface area contributed by atoms with Crippen molar-refractivity contribution >= 4 is 11.9 Å². The number of aliphatic hydroxyl groups excluding tert-OH is 2. The van der Waals surface area contributed by atoms with Gasteiger partial charge in [-0.2, -0.15) is 0 Å². The summed E-state index contributed by atoms with van der Waals surface area (Å²) < 4.78 is 5.92. The predicted molar refractivity (Wildman–Crippen MR) is 273 cm³/mol. The zero-order chi connectivity index (χ0) is 45.9. The lowest BCUT2D eigenvalue weighted by molar-refractivity contribution is -0.151. The third-order valence-corrected chi connectivity index (χ3v) is 11.8. The summed E-state index contributed by atoms with van der Waals surface area (Å²) in [4.78, 5) is 26.2. The zero-order valence-electron chi connectivity index (χ0n) is 41.4. The summed E-state index contributed by atoms with van der Waals surface area (Å²) in [6.45, 7) is 6.26. The number of allylic oxidation sites excluding steroid dienone is 12. The second-order valence-electron chi connectivity index (χ2n) is 17.9. The molecule has 3 unspecified atom stereocenters. The van der Waals surface area contributed by atoms with Crippen LogP contribution in [0, 0.1) is 0 Å². The summed E-state index contributed by atoms with van der Waals surface area (Å²) in [6, 6.07) is -0.716. The molecule has 0 bridgehead atoms. The van der Waals surface area contributed by atoms with Gasteiger partial charge in [-0.15, -0.1) is 0 Å². The molecule has 0 saturated carbocycles. The minimum absolute atomic E-state index is 0.0527. The van der Waals surface area contributed by atoms with Crippen LogP contribution < -0.4 is 5.32 Å². The van der Waals surface area contributed by atoms with Crippen molar-refractivity contribution in [2.24, 2.45) is 0 Å². The third-order valence-electron chi connectivity index (χ3n) is 11.8. The molecule has 0 aliphatic rings. The predicted octanol–water partition coefficient (Wildman–Crippen LogP) is 16.2. The van der Waals surface area contributed by atoms with E-state index in [4.69, 9.17) is 4.74 Å². The highest BCUT2D eigenvalue weighted by Gasteiger charge is 2.24. The first-order chi connectivity index (χ1) is 31.0. The third kappa shape index (κ3) is 45.7. The van der Waals surface area contributed by atoms with E-state index in [2.05, 4.69) is 99.0 Å². The topological polar surface area (TPSA) is 95.9 Å². The van der Waals surface area contributed by atoms with Crippen LogP contribution in [0.1, 0.15) is 252 Å². The number of hydrogen-bond donors (Lipinski definition) is 3. The van der Waals surface area contributed by atoms with Crippen molar-refractivity contribution in [1.29, 1.82) is 0 Å². The van der Waals surface area contributed by atoms with Gasteiger partial charge in [-0.05, 0) is 89.9 Å². The first kappa shape index (κ1) is 60.3. The molecular weight excluding hydrogens is 779 g/mol. The Morgan fingerprint density at radius 1 is 0.476 bits per heavy atom. The lowest BCUT2D eigenvalue weighted by Gasteiger charge is -2.24. The van der Waals surface area contributed by atoms with Crippen molar-refractivity contribution in [3.63, 3.8) is 0 Å². The van der Waals surface area contributed by atoms with Crippen molar-refractivity contribution in [3.8, 4) is 0 Å². The van der Waals surface area contributed by atoms with Gasteiger partial charge < -0.3 is 20.3 Å². The van der Waals surface area contributed by atoms with Gasteiger partial charge in [-0.1, -0.05) is 222 Å². The van der Waals surface area contributed by atoms with Crippen molar-refractivity contribution in [1.82, 2.24) is 5.32 Å². The maximum Gasteiger partial charge on any atom is 0.306 e. The van der Waals surface area contributed by atoms with Crippen LogP contribution in [0.25, 0.3) is 0 Å². The smallest absolute Gasteiger partial charge is 0.306 e. The Morgan fingerprint density at radius 3 is 1.30 bits per heavy atom. The molecule has 1 amide bonds. The first-order valence-electron chi connectivity index (χ1n) is 26.7. The molecule has 0 aliphatic heterocycles. The van der Waals surface area contributed by atoms with Gasteiger partial charge in [0.1, 0.15) is 6.10 Å². The number of aliphatic hydroxyl groups is 2. The van der Waals surface area contributed by atoms with Crippen LogP contribution in [0.15, 0.2) is 72.9 Å². The Balaban J connectivity index is 4.58. The summed E-state index contributed by atoms with van der Waals surface area (Å²) in [5, 5.41) is 23.8. The van der Waals surface area contributed by atoms with Crippen LogP contribution in [0.5, 0.6) is 0 Å². The summed E-state index contributed by atoms with van der Waals surface area (Å²) >= 11 is 0. The molecular formula is C57H101NO5. The van der Waals surface area contributed by atoms with Gasteiger partial charge in [0.05, 0.1) is 25.2 Å². The number of esters is 1. The maximum absolute atomic E-state index is 13.2. The van der Waals surface area contributed by atoms with E-state index in [1.165, 1.54) is 89.9 Å². The lowest BCUT2D eigenvalue weighted by Crippen LogP contribution is -2.46. The Morgan fingerprint density at radius 2 is 0.857 bits per heavy atom. The molecule has 0 heterocycles. The van der Waals surface area contributed by atoms with E-state index in [1.807, 2.05) is 0 Å². The van der Waals surface area contributed by atoms with Crippen LogP contribution in [-0.4, -0.2) is 46.9 Å². The number of carbonyl (C=O) groups is 2. The molecule has 364 valence electrons. The number of carbonyl (C=O) groups excluding carboxylic acids is 2. The molecule has 63 heavy (non-hydrogen) atoms. The Bertz CT molecular complexity index is 1170. The first-order valence-corrected chi connectivity index (χ1v) is 26.7. The number of rotatable bonds is 47. The van der Waals surface area contributed by atoms with Crippen LogP contribution in [0.2, 0.25) is 0 Å². The number of nitrogens with one attached hydrogen (secondary N) is 1. The molecule has 3 atom stereocenters. The van der Waals surface area contributed by atoms with Gasteiger partial charge in [-0.3, -0.25) is 9.59 Å². The van der Waals surface area contributed by atoms with Crippen LogP contribution in [0.3, 0.4) is 0 Å². The van der Waals surface area contributed by atoms with Gasteiger partial charge in [0.2, 0.25) is 5.91 Å². The van der Waals surface area contributed by atoms with E-state index in [0.717, 1.165) is 116 Å². The molecule has 0 radical (unpaired) electrons. The minimum Gasteiger partial charge on any atom is -0.462 e. The molecule has 0 aliphatic carbocycles. The summed E-state index contributed by atoms with van der Waals surface area (Å²) in [5.41, 5.74) is 0. The van der Waals surface area contributed by atoms with Gasteiger partial charge >= 0.3 is 5.97 Å². The fraction of sp³-hybridized carbons (Fsp3) is 0.754. The van der Waals surface area contributed by atoms with Gasteiger partial charge in [0.25, 0.3) is 0 Å². The second kappa shape index (κ2) is 50.3. The molecule has 0 saturated heterocycles. The van der Waals surface area contributed by atoms with Crippen molar-refractivity contribution in [2.45, 2.75) is 270 Å². The van der Waals surface area contributed by atoms with Crippen LogP contribution in [-0.2, 0) is 14.3 Å². The fourth-order valence-electron chi connectivity index (χ4n) is 7.81. The largest absolute Gasteiger partial charge is 0.462 e. The van der Waals surface area contributed by atoms with E-state index < -0.39 is 18.2 Å². The number of unbranched alkanes of at least 4 members (excludes halogenated alkanes) is 23. The molecule has 6 heteroatoms. The monoisotopic (exact) mass is 880 g/mol. The summed E-state index contributed by atoms with van der Waals surface area (Å²) in [6.07, 6.45) is 63.9. The van der Waals surface area contributed by atoms with E-state index in [1.54, 1.807) is 0 Å². The molecule has 0 aromatic heterocycles. The standard InChI is InChI=1S/C57H101NO5/c1-4-7-10-13-16-19-22-25-27-29-31-34-37-40-43-46-49-55(60)54(52-59)58-56(61)51-53(48-45-42-39-36-33-24-21-18-15-12-9-6-3)63-57(62)50-47-44-41-38-35-32-30-28-26-23-20-17-14-11-8-5-2/h8-9,11-12,17-18,20-21,26,28,32,35,53-55,59-60H,4-7,10,13-16,19,22-25,27,29-31,33-34,36-52H2,1-3H3,(H,58,61)/b11-8+,12-9+,20-17+,21-18+,28-26+,35-32+. The van der Waals surface area contributed by atoms with E-state index in [9.17, 15) is 19.8 Å². The van der Waals surface area contributed by atoms with Crippen LogP contribution >= 0.6 is 0 Å². The number of ether oxygens (including phenoxy) is 1. The number of hydrogen-bond acceptors (Lipinski definition) is 5. The highest BCUT2D eigenvalue weighted by Crippen LogP contribution is 2.18. The van der Waals surface area contributed by atoms with Gasteiger partial charge in [0.15, 0.2) is 0 Å². The SMILES string of the molecule is CC/C=C/C/C=C/C/C=C/C/C=C/CCCCCC(=O)OC(CCCCCCC/C=C/C/C=C/CC)CC(=O)NC(CO)C(O)CCCCCCCCCCCCCCCCCC. The van der Waals surface area contributed by atoms with Crippen molar-refractivity contribution in [2.75, 3.05) is 6.61 Å². The van der Waals surface area contributed by atoms with E-state index in [-0.39, 0.29) is 24.9 Å². The highest BCUT2D eigenvalue weighted by molar-refractivity contribution is 5.77. The Labute approximate surface area is 390 Å².